The van der Waals surface area contributed by atoms with Gasteiger partial charge in [-0.1, -0.05) is 24.3 Å². The molecule has 0 bridgehead atoms. The van der Waals surface area contributed by atoms with Crippen molar-refractivity contribution in [2.45, 2.75) is 44.7 Å². The van der Waals surface area contributed by atoms with E-state index in [1.165, 1.54) is 6.33 Å². The van der Waals surface area contributed by atoms with Gasteiger partial charge in [0.05, 0.1) is 10.3 Å². The van der Waals surface area contributed by atoms with Gasteiger partial charge >= 0.3 is 5.69 Å². The summed E-state index contributed by atoms with van der Waals surface area (Å²) >= 11 is 0. The van der Waals surface area contributed by atoms with Crippen LogP contribution in [0.4, 0.5) is 11.5 Å². The summed E-state index contributed by atoms with van der Waals surface area (Å²) in [4.78, 5) is 34.5. The van der Waals surface area contributed by atoms with Crippen LogP contribution in [0.25, 0.3) is 22.2 Å². The summed E-state index contributed by atoms with van der Waals surface area (Å²) in [6.07, 6.45) is 7.92. The molecule has 0 radical (unpaired) electrons. The van der Waals surface area contributed by atoms with Crippen molar-refractivity contribution in [3.63, 3.8) is 0 Å². The second-order valence-corrected chi connectivity index (χ2v) is 11.1. The molecule has 3 N–H and O–H groups in total. The molecular formula is C31H37N7O5. The molecule has 0 atom stereocenters. The third-order valence-corrected chi connectivity index (χ3v) is 8.19. The summed E-state index contributed by atoms with van der Waals surface area (Å²) in [7, 11) is 2.19. The van der Waals surface area contributed by atoms with Crippen molar-refractivity contribution in [1.82, 2.24) is 24.3 Å². The number of benzene rings is 2. The van der Waals surface area contributed by atoms with Gasteiger partial charge in [0.15, 0.2) is 0 Å². The number of anilines is 1. The molecule has 1 aliphatic heterocycles. The monoisotopic (exact) mass is 587 g/mol. The van der Waals surface area contributed by atoms with Crippen LogP contribution in [0.2, 0.25) is 0 Å². The average molecular weight is 588 g/mol. The Kier molecular flexibility index (Phi) is 9.17. The smallest absolute Gasteiger partial charge is 0.312 e. The average Bonchev–Trinajstić information content (AvgIpc) is 3.39. The Hall–Kier alpha value is -4.55. The summed E-state index contributed by atoms with van der Waals surface area (Å²) in [5, 5.41) is 20.2. The highest BCUT2D eigenvalue weighted by atomic mass is 16.6. The molecule has 43 heavy (non-hydrogen) atoms. The number of piperazine rings is 1. The number of para-hydroxylation sites is 1. The van der Waals surface area contributed by atoms with Gasteiger partial charge in [-0.25, -0.2) is 9.97 Å². The first-order valence-electron chi connectivity index (χ1n) is 14.5. The molecule has 226 valence electrons. The van der Waals surface area contributed by atoms with E-state index in [4.69, 9.17) is 20.4 Å². The van der Waals surface area contributed by atoms with Crippen molar-refractivity contribution >= 4 is 28.5 Å². The quantitative estimate of drug-likeness (QED) is 0.227. The Labute approximate surface area is 249 Å². The lowest BCUT2D eigenvalue weighted by Crippen LogP contribution is -2.49. The number of aliphatic carboxylic acids is 1. The number of hydrogen-bond donors (Lipinski definition) is 2. The van der Waals surface area contributed by atoms with Crippen LogP contribution in [0.5, 0.6) is 11.5 Å². The minimum atomic E-state index is -0.833. The van der Waals surface area contributed by atoms with E-state index in [0.717, 1.165) is 75.4 Å². The third kappa shape index (κ3) is 6.92. The van der Waals surface area contributed by atoms with E-state index in [0.29, 0.717) is 23.2 Å². The number of ether oxygens (including phenoxy) is 1. The van der Waals surface area contributed by atoms with Crippen LogP contribution >= 0.6 is 0 Å². The Bertz CT molecular complexity index is 1570. The Morgan fingerprint density at radius 2 is 1.67 bits per heavy atom. The van der Waals surface area contributed by atoms with Crippen LogP contribution in [-0.4, -0.2) is 79.6 Å². The largest absolute Gasteiger partial charge is 0.481 e. The number of nitro groups is 1. The molecule has 2 aromatic heterocycles. The first-order valence-corrected chi connectivity index (χ1v) is 14.5. The molecule has 6 rings (SSSR count). The Morgan fingerprint density at radius 1 is 1.02 bits per heavy atom. The number of carboxylic acid groups (broad SMARTS) is 1. The zero-order chi connectivity index (χ0) is 30.5. The molecular weight excluding hydrogens is 550 g/mol. The number of nitro benzene ring substituents is 1. The van der Waals surface area contributed by atoms with Gasteiger partial charge in [0.2, 0.25) is 5.75 Å². The Balaban J connectivity index is 0.000000868. The number of nitrogen functional groups attached to an aromatic ring is 1. The first-order chi connectivity index (χ1) is 20.7. The number of likely N-dealkylation sites (N-methyl/N-ethyl adjacent to an activating group) is 1. The fourth-order valence-electron chi connectivity index (χ4n) is 6.02. The molecule has 1 saturated carbocycles. The summed E-state index contributed by atoms with van der Waals surface area (Å²) in [5.74, 6) is 0.257. The normalized spacial score (nSPS) is 19.4. The molecule has 0 spiro atoms. The zero-order valence-electron chi connectivity index (χ0n) is 24.4. The molecule has 2 aliphatic rings. The van der Waals surface area contributed by atoms with Crippen molar-refractivity contribution in [2.75, 3.05) is 39.0 Å². The SMILES string of the molecule is CC(=O)O.CN1CCN(C2CCC(n3cc(-c4ccc(Oc5ccccc5)c([N+](=O)[O-])c4)c4c(N)ncnc43)CC2)CC1. The van der Waals surface area contributed by atoms with Crippen molar-refractivity contribution in [1.29, 1.82) is 0 Å². The minimum absolute atomic E-state index is 0.111. The van der Waals surface area contributed by atoms with Gasteiger partial charge in [0, 0.05) is 63.0 Å². The molecule has 3 heterocycles. The van der Waals surface area contributed by atoms with Crippen LogP contribution in [0.3, 0.4) is 0 Å². The second-order valence-electron chi connectivity index (χ2n) is 11.1. The lowest BCUT2D eigenvalue weighted by molar-refractivity contribution is -0.385. The van der Waals surface area contributed by atoms with E-state index in [2.05, 4.69) is 31.4 Å². The van der Waals surface area contributed by atoms with E-state index >= 15 is 0 Å². The number of carbonyl (C=O) groups is 1. The standard InChI is InChI=1S/C29H33N7O3.C2H4O2/c1-33-13-15-34(16-14-33)21-8-10-22(11-9-21)35-18-24(27-28(30)31-19-32-29(27)35)20-7-12-26(25(17-20)36(37)38)39-23-5-3-2-4-6-23;1-2(3)4/h2-7,12,17-19,21-22H,8-11,13-16H2,1H3,(H2,30,31,32);1H3,(H,3,4). The van der Waals surface area contributed by atoms with E-state index in [-0.39, 0.29) is 17.5 Å². The molecule has 2 aromatic carbocycles. The molecule has 1 aliphatic carbocycles. The van der Waals surface area contributed by atoms with Gasteiger partial charge in [-0.3, -0.25) is 19.8 Å². The topological polar surface area (TPSA) is 153 Å². The number of hydrogen-bond acceptors (Lipinski definition) is 9. The van der Waals surface area contributed by atoms with Crippen LogP contribution in [-0.2, 0) is 4.79 Å². The van der Waals surface area contributed by atoms with Gasteiger partial charge in [-0.05, 0) is 56.5 Å². The maximum atomic E-state index is 12.0. The lowest BCUT2D eigenvalue weighted by Gasteiger charge is -2.41. The van der Waals surface area contributed by atoms with Crippen LogP contribution in [0.1, 0.15) is 38.6 Å². The second kappa shape index (κ2) is 13.2. The fraction of sp³-hybridized carbons (Fsp3) is 0.387. The van der Waals surface area contributed by atoms with Crippen molar-refractivity contribution in [2.24, 2.45) is 0 Å². The predicted molar refractivity (Wildman–Crippen MR) is 164 cm³/mol. The third-order valence-electron chi connectivity index (χ3n) is 8.19. The summed E-state index contributed by atoms with van der Waals surface area (Å²) in [6.45, 7) is 5.61. The molecule has 0 amide bonds. The van der Waals surface area contributed by atoms with Gasteiger partial charge in [0.25, 0.3) is 5.97 Å². The molecule has 12 nitrogen and oxygen atoms in total. The van der Waals surface area contributed by atoms with Crippen LogP contribution in [0, 0.1) is 10.1 Å². The van der Waals surface area contributed by atoms with Crippen molar-refractivity contribution in [3.05, 3.63) is 71.2 Å². The summed E-state index contributed by atoms with van der Waals surface area (Å²) < 4.78 is 8.05. The maximum Gasteiger partial charge on any atom is 0.312 e. The Morgan fingerprint density at radius 3 is 2.33 bits per heavy atom. The zero-order valence-corrected chi connectivity index (χ0v) is 24.4. The maximum absolute atomic E-state index is 12.0. The van der Waals surface area contributed by atoms with E-state index in [1.807, 2.05) is 30.5 Å². The molecule has 1 saturated heterocycles. The van der Waals surface area contributed by atoms with Gasteiger partial charge in [-0.2, -0.15) is 0 Å². The highest BCUT2D eigenvalue weighted by Gasteiger charge is 2.30. The molecule has 4 aromatic rings. The van der Waals surface area contributed by atoms with Gasteiger partial charge < -0.3 is 25.0 Å². The predicted octanol–water partition coefficient (Wildman–Crippen LogP) is 5.20. The molecule has 0 unspecified atom stereocenters. The highest BCUT2D eigenvalue weighted by Crippen LogP contribution is 2.41. The molecule has 12 heteroatoms. The summed E-state index contributed by atoms with van der Waals surface area (Å²) in [6, 6.07) is 15.0. The van der Waals surface area contributed by atoms with Crippen LogP contribution < -0.4 is 10.5 Å². The molecule has 2 fully saturated rings. The summed E-state index contributed by atoms with van der Waals surface area (Å²) in [5.41, 5.74) is 8.49. The van der Waals surface area contributed by atoms with Gasteiger partial charge in [0.1, 0.15) is 23.5 Å². The lowest BCUT2D eigenvalue weighted by atomic mass is 9.89. The van der Waals surface area contributed by atoms with E-state index in [9.17, 15) is 10.1 Å². The minimum Gasteiger partial charge on any atom is -0.481 e. The van der Waals surface area contributed by atoms with Crippen molar-refractivity contribution in [3.8, 4) is 22.6 Å². The van der Waals surface area contributed by atoms with Gasteiger partial charge in [-0.15, -0.1) is 0 Å². The number of rotatable bonds is 6. The highest BCUT2D eigenvalue weighted by molar-refractivity contribution is 6.01. The number of carboxylic acids is 1. The first kappa shape index (κ1) is 29.9. The van der Waals surface area contributed by atoms with Crippen molar-refractivity contribution < 1.29 is 19.6 Å². The number of aromatic nitrogens is 3. The van der Waals surface area contributed by atoms with E-state index < -0.39 is 10.9 Å². The number of nitrogens with two attached hydrogens (primary N) is 1. The fourth-order valence-corrected chi connectivity index (χ4v) is 6.02. The number of fused-ring (bicyclic) bond motifs is 1. The van der Waals surface area contributed by atoms with E-state index in [1.54, 1.807) is 24.3 Å². The van der Waals surface area contributed by atoms with Crippen LogP contribution in [0.15, 0.2) is 61.1 Å². The number of nitrogens with zero attached hydrogens (tertiary/aromatic N) is 6.